The fourth-order valence-electron chi connectivity index (χ4n) is 1.08. The minimum Gasteiger partial charge on any atom is -0.388 e. The van der Waals surface area contributed by atoms with E-state index in [1.165, 1.54) is 0 Å². The first-order chi connectivity index (χ1) is 6.69. The van der Waals surface area contributed by atoms with Gasteiger partial charge in [-0.25, -0.2) is 4.98 Å². The molecule has 5 heteroatoms. The Hall–Kier alpha value is -1.36. The number of amides is 1. The van der Waals surface area contributed by atoms with Crippen molar-refractivity contribution in [3.05, 3.63) is 18.2 Å². The Balaban J connectivity index is 2.64. The van der Waals surface area contributed by atoms with Gasteiger partial charge in [-0.05, 0) is 6.92 Å². The Morgan fingerprint density at radius 1 is 1.71 bits per heavy atom. The van der Waals surface area contributed by atoms with Crippen molar-refractivity contribution in [3.8, 4) is 0 Å². The predicted octanol–water partition coefficient (Wildman–Crippen LogP) is -0.146. The van der Waals surface area contributed by atoms with E-state index in [2.05, 4.69) is 4.98 Å². The summed E-state index contributed by atoms with van der Waals surface area (Å²) in [6, 6.07) is 0. The quantitative estimate of drug-likeness (QED) is 0.730. The molecule has 1 aromatic heterocycles. The number of aliphatic hydroxyl groups is 1. The molecule has 1 heterocycles. The maximum atomic E-state index is 11.5. The van der Waals surface area contributed by atoms with Crippen LogP contribution in [0.15, 0.2) is 12.4 Å². The lowest BCUT2D eigenvalue weighted by molar-refractivity contribution is -0.130. The van der Waals surface area contributed by atoms with Gasteiger partial charge >= 0.3 is 0 Å². The molecule has 0 bridgehead atoms. The van der Waals surface area contributed by atoms with Crippen LogP contribution in [0.2, 0.25) is 0 Å². The molecule has 1 aromatic rings. The summed E-state index contributed by atoms with van der Waals surface area (Å²) in [5.41, 5.74) is 0. The molecule has 0 unspecified atom stereocenters. The van der Waals surface area contributed by atoms with Crippen molar-refractivity contribution >= 4 is 5.91 Å². The largest absolute Gasteiger partial charge is 0.388 e. The van der Waals surface area contributed by atoms with E-state index in [4.69, 9.17) is 5.11 Å². The Morgan fingerprint density at radius 3 is 3.00 bits per heavy atom. The summed E-state index contributed by atoms with van der Waals surface area (Å²) in [6.07, 6.45) is 3.26. The Bertz CT molecular complexity index is 309. The molecule has 1 amide bonds. The second-order valence-electron chi connectivity index (χ2n) is 3.04. The highest BCUT2D eigenvalue weighted by molar-refractivity contribution is 5.75. The number of carbonyl (C=O) groups excluding carboxylic acids is 1. The molecule has 14 heavy (non-hydrogen) atoms. The van der Waals surface area contributed by atoms with Gasteiger partial charge in [-0.15, -0.1) is 0 Å². The number of aliphatic hydroxyl groups excluding tert-OH is 1. The van der Waals surface area contributed by atoms with Gasteiger partial charge in [0.15, 0.2) is 0 Å². The molecule has 5 nitrogen and oxygen atoms in total. The molecule has 0 fully saturated rings. The van der Waals surface area contributed by atoms with Gasteiger partial charge in [0.05, 0.1) is 0 Å². The normalized spacial score (nSPS) is 10.2. The highest BCUT2D eigenvalue weighted by Gasteiger charge is 2.09. The average Bonchev–Trinajstić information content (AvgIpc) is 2.63. The van der Waals surface area contributed by atoms with E-state index >= 15 is 0 Å². The maximum Gasteiger partial charge on any atom is 0.242 e. The van der Waals surface area contributed by atoms with Crippen molar-refractivity contribution in [2.45, 2.75) is 20.1 Å². The van der Waals surface area contributed by atoms with Gasteiger partial charge in [-0.2, -0.15) is 0 Å². The van der Waals surface area contributed by atoms with Crippen LogP contribution in [0.25, 0.3) is 0 Å². The van der Waals surface area contributed by atoms with E-state index in [1.54, 1.807) is 28.9 Å². The molecule has 0 aliphatic rings. The third-order valence-corrected chi connectivity index (χ3v) is 2.15. The van der Waals surface area contributed by atoms with E-state index in [0.717, 1.165) is 0 Å². The first-order valence-corrected chi connectivity index (χ1v) is 4.53. The summed E-state index contributed by atoms with van der Waals surface area (Å²) in [7, 11) is 1.75. The fraction of sp³-hybridized carbons (Fsp3) is 0.556. The minimum absolute atomic E-state index is 0.0141. The monoisotopic (exact) mass is 197 g/mol. The van der Waals surface area contributed by atoms with Gasteiger partial charge in [-0.3, -0.25) is 4.79 Å². The topological polar surface area (TPSA) is 58.4 Å². The first-order valence-electron chi connectivity index (χ1n) is 4.53. The number of aromatic nitrogens is 2. The second kappa shape index (κ2) is 4.76. The third kappa shape index (κ3) is 2.32. The van der Waals surface area contributed by atoms with Gasteiger partial charge in [-0.1, -0.05) is 0 Å². The number of rotatable bonds is 4. The van der Waals surface area contributed by atoms with E-state index < -0.39 is 0 Å². The molecule has 1 N–H and O–H groups in total. The summed E-state index contributed by atoms with van der Waals surface area (Å²) in [5.74, 6) is 0.531. The van der Waals surface area contributed by atoms with Gasteiger partial charge < -0.3 is 14.6 Å². The molecular formula is C9H15N3O2. The molecule has 0 saturated carbocycles. The zero-order valence-electron chi connectivity index (χ0n) is 8.47. The summed E-state index contributed by atoms with van der Waals surface area (Å²) < 4.78 is 1.65. The van der Waals surface area contributed by atoms with Crippen molar-refractivity contribution < 1.29 is 9.90 Å². The van der Waals surface area contributed by atoms with Gasteiger partial charge in [0.25, 0.3) is 0 Å². The Morgan fingerprint density at radius 2 is 2.43 bits per heavy atom. The molecule has 78 valence electrons. The summed E-state index contributed by atoms with van der Waals surface area (Å²) in [5, 5.41) is 8.91. The lowest BCUT2D eigenvalue weighted by Gasteiger charge is -2.15. The van der Waals surface area contributed by atoms with Crippen LogP contribution in [0.3, 0.4) is 0 Å². The molecule has 0 saturated heterocycles. The second-order valence-corrected chi connectivity index (χ2v) is 3.04. The maximum absolute atomic E-state index is 11.5. The number of hydrogen-bond acceptors (Lipinski definition) is 3. The SMILES string of the molecule is CCN(C)C(=O)Cn1ccnc1CO. The minimum atomic E-state index is -0.143. The predicted molar refractivity (Wildman–Crippen MR) is 51.5 cm³/mol. The summed E-state index contributed by atoms with van der Waals surface area (Å²) >= 11 is 0. The van der Waals surface area contributed by atoms with Crippen LogP contribution in [0.4, 0.5) is 0 Å². The van der Waals surface area contributed by atoms with E-state index in [9.17, 15) is 4.79 Å². The summed E-state index contributed by atoms with van der Waals surface area (Å²) in [6.45, 7) is 2.69. The molecule has 0 spiro atoms. The molecule has 0 aliphatic carbocycles. The van der Waals surface area contributed by atoms with Crippen LogP contribution in [-0.4, -0.2) is 39.1 Å². The van der Waals surface area contributed by atoms with Gasteiger partial charge in [0.2, 0.25) is 5.91 Å². The molecule has 0 radical (unpaired) electrons. The van der Waals surface area contributed by atoms with E-state index in [-0.39, 0.29) is 19.1 Å². The molecular weight excluding hydrogens is 182 g/mol. The number of hydrogen-bond donors (Lipinski definition) is 1. The zero-order valence-corrected chi connectivity index (χ0v) is 8.47. The van der Waals surface area contributed by atoms with Crippen LogP contribution < -0.4 is 0 Å². The number of likely N-dealkylation sites (N-methyl/N-ethyl adjacent to an activating group) is 1. The average molecular weight is 197 g/mol. The first kappa shape index (κ1) is 10.7. The third-order valence-electron chi connectivity index (χ3n) is 2.15. The van der Waals surface area contributed by atoms with Crippen molar-refractivity contribution in [1.29, 1.82) is 0 Å². The van der Waals surface area contributed by atoms with E-state index in [0.29, 0.717) is 12.4 Å². The van der Waals surface area contributed by atoms with Crippen molar-refractivity contribution in [2.24, 2.45) is 0 Å². The van der Waals surface area contributed by atoms with Crippen LogP contribution in [-0.2, 0) is 17.9 Å². The van der Waals surface area contributed by atoms with Crippen LogP contribution >= 0.6 is 0 Å². The Labute approximate surface area is 83.0 Å². The molecule has 0 aliphatic heterocycles. The lowest BCUT2D eigenvalue weighted by Crippen LogP contribution is -2.30. The van der Waals surface area contributed by atoms with Gasteiger partial charge in [0, 0.05) is 26.0 Å². The highest BCUT2D eigenvalue weighted by Crippen LogP contribution is 1.98. The number of carbonyl (C=O) groups is 1. The van der Waals surface area contributed by atoms with E-state index in [1.807, 2.05) is 6.92 Å². The van der Waals surface area contributed by atoms with Crippen LogP contribution in [0, 0.1) is 0 Å². The summed E-state index contributed by atoms with van der Waals surface area (Å²) in [4.78, 5) is 17.0. The zero-order chi connectivity index (χ0) is 10.6. The molecule has 1 rings (SSSR count). The van der Waals surface area contributed by atoms with Gasteiger partial charge in [0.1, 0.15) is 19.0 Å². The smallest absolute Gasteiger partial charge is 0.242 e. The Kier molecular flexibility index (Phi) is 3.64. The van der Waals surface area contributed by atoms with Crippen LogP contribution in [0.1, 0.15) is 12.7 Å². The van der Waals surface area contributed by atoms with Crippen LogP contribution in [0.5, 0.6) is 0 Å². The van der Waals surface area contributed by atoms with Crippen molar-refractivity contribution in [3.63, 3.8) is 0 Å². The molecule has 0 atom stereocenters. The van der Waals surface area contributed by atoms with Crippen molar-refractivity contribution in [2.75, 3.05) is 13.6 Å². The highest BCUT2D eigenvalue weighted by atomic mass is 16.3. The standard InChI is InChI=1S/C9H15N3O2/c1-3-11(2)9(14)6-12-5-4-10-8(12)7-13/h4-5,13H,3,6-7H2,1-2H3. The molecule has 0 aromatic carbocycles. The number of imidazole rings is 1. The van der Waals surface area contributed by atoms with Crippen molar-refractivity contribution in [1.82, 2.24) is 14.5 Å². The fourth-order valence-corrected chi connectivity index (χ4v) is 1.08. The number of nitrogens with zero attached hydrogens (tertiary/aromatic N) is 3. The lowest BCUT2D eigenvalue weighted by atomic mass is 10.4.